The first-order valence-electron chi connectivity index (χ1n) is 7.44. The number of para-hydroxylation sites is 1. The van der Waals surface area contributed by atoms with Crippen LogP contribution in [0.1, 0.15) is 32.1 Å². The van der Waals surface area contributed by atoms with Crippen LogP contribution in [0.15, 0.2) is 30.3 Å². The van der Waals surface area contributed by atoms with E-state index in [1.54, 1.807) is 0 Å². The predicted molar refractivity (Wildman–Crippen MR) is 84.3 cm³/mol. The topological polar surface area (TPSA) is 15.3 Å². The van der Waals surface area contributed by atoms with Crippen molar-refractivity contribution in [3.05, 3.63) is 30.3 Å². The number of fused-ring (bicyclic) bond motifs is 1. The molecule has 102 valence electrons. The van der Waals surface area contributed by atoms with Gasteiger partial charge >= 0.3 is 0 Å². The van der Waals surface area contributed by atoms with Crippen molar-refractivity contribution in [3.8, 4) is 0 Å². The fraction of sp³-hybridized carbons (Fsp3) is 0.562. The number of hydrogen-bond acceptors (Lipinski definition) is 1. The summed E-state index contributed by atoms with van der Waals surface area (Å²) in [6.07, 6.45) is 7.01. The summed E-state index contributed by atoms with van der Waals surface area (Å²) in [5, 5.41) is 4.26. The number of benzene rings is 1. The van der Waals surface area contributed by atoms with Crippen LogP contribution in [0.2, 0.25) is 0 Å². The van der Waals surface area contributed by atoms with Gasteiger partial charge in [-0.2, -0.15) is 0 Å². The van der Waals surface area contributed by atoms with Gasteiger partial charge in [0, 0.05) is 18.8 Å². The van der Waals surface area contributed by atoms with Gasteiger partial charge in [-0.05, 0) is 49.0 Å². The molecule has 1 N–H and O–H groups in total. The van der Waals surface area contributed by atoms with E-state index in [0.717, 1.165) is 35.7 Å². The van der Waals surface area contributed by atoms with Gasteiger partial charge in [-0.25, -0.2) is 0 Å². The molecule has 1 saturated heterocycles. The Hall–Kier alpha value is -1.09. The molecule has 1 aliphatic carbocycles. The Bertz CT molecular complexity index is 432. The molecule has 1 aromatic rings. The quantitative estimate of drug-likeness (QED) is 0.782. The highest BCUT2D eigenvalue weighted by Gasteiger charge is 2.31. The van der Waals surface area contributed by atoms with E-state index in [2.05, 4.69) is 22.3 Å². The summed E-state index contributed by atoms with van der Waals surface area (Å²) in [6, 6.07) is 10.2. The van der Waals surface area contributed by atoms with Crippen molar-refractivity contribution in [3.63, 3.8) is 0 Å². The molecule has 0 aromatic heterocycles. The first-order valence-corrected chi connectivity index (χ1v) is 7.85. The van der Waals surface area contributed by atoms with E-state index in [-0.39, 0.29) is 0 Å². The number of nitrogens with zero attached hydrogens (tertiary/aromatic N) is 1. The minimum atomic E-state index is 0.873. The van der Waals surface area contributed by atoms with Gasteiger partial charge in [-0.3, -0.25) is 0 Å². The van der Waals surface area contributed by atoms with Crippen LogP contribution < -0.4 is 5.32 Å². The van der Waals surface area contributed by atoms with Gasteiger partial charge in [-0.15, -0.1) is 0 Å². The molecule has 3 heteroatoms. The molecule has 0 radical (unpaired) electrons. The zero-order valence-electron chi connectivity index (χ0n) is 11.3. The van der Waals surface area contributed by atoms with Crippen molar-refractivity contribution >= 4 is 23.0 Å². The third kappa shape index (κ3) is 3.08. The normalized spacial score (nSPS) is 26.6. The summed E-state index contributed by atoms with van der Waals surface area (Å²) in [4.78, 5) is 2.37. The zero-order valence-corrected chi connectivity index (χ0v) is 12.2. The van der Waals surface area contributed by atoms with Crippen LogP contribution in [0.25, 0.3) is 0 Å². The highest BCUT2D eigenvalue weighted by atomic mass is 32.1. The smallest absolute Gasteiger partial charge is 0.173 e. The van der Waals surface area contributed by atoms with Crippen LogP contribution in [0, 0.1) is 11.8 Å². The van der Waals surface area contributed by atoms with Crippen molar-refractivity contribution < 1.29 is 0 Å². The molecule has 2 nitrogen and oxygen atoms in total. The largest absolute Gasteiger partial charge is 0.349 e. The molecule has 3 rings (SSSR count). The summed E-state index contributed by atoms with van der Waals surface area (Å²) >= 11 is 5.56. The molecule has 2 unspecified atom stereocenters. The Kier molecular flexibility index (Phi) is 4.02. The Balaban J connectivity index is 1.59. The van der Waals surface area contributed by atoms with Crippen LogP contribution in [0.5, 0.6) is 0 Å². The third-order valence-electron chi connectivity index (χ3n) is 4.60. The SMILES string of the molecule is S=C(Nc1ccccc1)N1CCC2CCCCC2C1. The second-order valence-electron chi connectivity index (χ2n) is 5.84. The van der Waals surface area contributed by atoms with Crippen LogP contribution in [0.3, 0.4) is 0 Å². The molecule has 2 fully saturated rings. The van der Waals surface area contributed by atoms with Crippen LogP contribution >= 0.6 is 12.2 Å². The molecule has 1 heterocycles. The summed E-state index contributed by atoms with van der Waals surface area (Å²) in [5.74, 6) is 1.84. The molecule has 1 aromatic carbocycles. The van der Waals surface area contributed by atoms with Gasteiger partial charge in [0.1, 0.15) is 0 Å². The Morgan fingerprint density at radius 2 is 1.79 bits per heavy atom. The summed E-state index contributed by atoms with van der Waals surface area (Å²) < 4.78 is 0. The number of anilines is 1. The lowest BCUT2D eigenvalue weighted by Crippen LogP contribution is -2.46. The first kappa shape index (κ1) is 12.9. The van der Waals surface area contributed by atoms with Crippen LogP contribution in [-0.2, 0) is 0 Å². The van der Waals surface area contributed by atoms with Crippen molar-refractivity contribution in [2.75, 3.05) is 18.4 Å². The van der Waals surface area contributed by atoms with E-state index >= 15 is 0 Å². The molecule has 0 bridgehead atoms. The molecule has 2 atom stereocenters. The van der Waals surface area contributed by atoms with Crippen molar-refractivity contribution in [2.24, 2.45) is 11.8 Å². The lowest BCUT2D eigenvalue weighted by atomic mass is 9.75. The number of likely N-dealkylation sites (tertiary alicyclic amines) is 1. The number of thiocarbonyl (C=S) groups is 1. The van der Waals surface area contributed by atoms with Crippen molar-refractivity contribution in [1.82, 2.24) is 4.90 Å². The predicted octanol–water partition coefficient (Wildman–Crippen LogP) is 3.90. The van der Waals surface area contributed by atoms with Crippen molar-refractivity contribution in [1.29, 1.82) is 0 Å². The zero-order chi connectivity index (χ0) is 13.1. The monoisotopic (exact) mass is 274 g/mol. The standard InChI is InChI=1S/C16H22N2S/c19-16(17-15-8-2-1-3-9-15)18-11-10-13-6-4-5-7-14(13)12-18/h1-3,8-9,13-14H,4-7,10-12H2,(H,17,19). The Morgan fingerprint density at radius 3 is 2.58 bits per heavy atom. The van der Waals surface area contributed by atoms with Crippen LogP contribution in [-0.4, -0.2) is 23.1 Å². The van der Waals surface area contributed by atoms with Gasteiger partial charge in [0.2, 0.25) is 0 Å². The van der Waals surface area contributed by atoms with E-state index in [1.807, 2.05) is 18.2 Å². The van der Waals surface area contributed by atoms with Gasteiger partial charge < -0.3 is 10.2 Å². The van der Waals surface area contributed by atoms with Gasteiger partial charge in [0.05, 0.1) is 0 Å². The van der Waals surface area contributed by atoms with Crippen LogP contribution in [0.4, 0.5) is 5.69 Å². The Morgan fingerprint density at radius 1 is 1.05 bits per heavy atom. The van der Waals surface area contributed by atoms with E-state index in [9.17, 15) is 0 Å². The van der Waals surface area contributed by atoms with E-state index < -0.39 is 0 Å². The third-order valence-corrected chi connectivity index (χ3v) is 4.96. The number of rotatable bonds is 1. The second-order valence-corrected chi connectivity index (χ2v) is 6.22. The fourth-order valence-electron chi connectivity index (χ4n) is 3.51. The minimum absolute atomic E-state index is 0.873. The molecule has 1 saturated carbocycles. The molecule has 1 aliphatic heterocycles. The fourth-order valence-corrected chi connectivity index (χ4v) is 3.79. The summed E-state index contributed by atoms with van der Waals surface area (Å²) in [6.45, 7) is 2.28. The van der Waals surface area contributed by atoms with E-state index in [1.165, 1.54) is 32.1 Å². The minimum Gasteiger partial charge on any atom is -0.349 e. The molecular formula is C16H22N2S. The average molecular weight is 274 g/mol. The highest BCUT2D eigenvalue weighted by molar-refractivity contribution is 7.80. The lowest BCUT2D eigenvalue weighted by molar-refractivity contribution is 0.131. The summed E-state index contributed by atoms with van der Waals surface area (Å²) in [5.41, 5.74) is 1.10. The summed E-state index contributed by atoms with van der Waals surface area (Å²) in [7, 11) is 0. The second kappa shape index (κ2) is 5.91. The van der Waals surface area contributed by atoms with Crippen molar-refractivity contribution in [2.45, 2.75) is 32.1 Å². The van der Waals surface area contributed by atoms with Gasteiger partial charge in [0.25, 0.3) is 0 Å². The maximum Gasteiger partial charge on any atom is 0.173 e. The lowest BCUT2D eigenvalue weighted by Gasteiger charge is -2.42. The molecular weight excluding hydrogens is 252 g/mol. The maximum atomic E-state index is 5.56. The number of nitrogens with one attached hydrogen (secondary N) is 1. The first-order chi connectivity index (χ1) is 9.33. The number of piperidine rings is 1. The average Bonchev–Trinajstić information content (AvgIpc) is 2.48. The van der Waals surface area contributed by atoms with Gasteiger partial charge in [-0.1, -0.05) is 37.5 Å². The Labute approximate surface area is 121 Å². The molecule has 0 amide bonds. The van der Waals surface area contributed by atoms with E-state index in [4.69, 9.17) is 12.2 Å². The van der Waals surface area contributed by atoms with Gasteiger partial charge in [0.15, 0.2) is 5.11 Å². The molecule has 0 spiro atoms. The molecule has 19 heavy (non-hydrogen) atoms. The maximum absolute atomic E-state index is 5.56. The molecule has 2 aliphatic rings. The van der Waals surface area contributed by atoms with E-state index in [0.29, 0.717) is 0 Å². The highest BCUT2D eigenvalue weighted by Crippen LogP contribution is 2.36. The number of hydrogen-bond donors (Lipinski definition) is 1.